The van der Waals surface area contributed by atoms with Gasteiger partial charge >= 0.3 is 0 Å². The Labute approximate surface area is 148 Å². The summed E-state index contributed by atoms with van der Waals surface area (Å²) in [6.45, 7) is 3.63. The lowest BCUT2D eigenvalue weighted by Gasteiger charge is -2.37. The smallest absolute Gasteiger partial charge is 0.179 e. The summed E-state index contributed by atoms with van der Waals surface area (Å²) in [7, 11) is 0. The molecular formula is C21H22N2O2. The average Bonchev–Trinajstić information content (AvgIpc) is 3.39. The monoisotopic (exact) mass is 334 g/mol. The van der Waals surface area contributed by atoms with Crippen molar-refractivity contribution in [2.24, 2.45) is 5.41 Å². The number of hydrogen-bond acceptors (Lipinski definition) is 4. The van der Waals surface area contributed by atoms with Crippen molar-refractivity contribution in [3.8, 4) is 6.07 Å². The Hall–Kier alpha value is -2.41. The molecule has 4 heteroatoms. The zero-order valence-corrected chi connectivity index (χ0v) is 14.6. The Balaban J connectivity index is 1.78. The molecule has 1 aliphatic heterocycles. The van der Waals surface area contributed by atoms with E-state index in [2.05, 4.69) is 11.0 Å². The van der Waals surface area contributed by atoms with E-state index >= 15 is 0 Å². The van der Waals surface area contributed by atoms with Crippen molar-refractivity contribution >= 4 is 17.3 Å². The van der Waals surface area contributed by atoms with E-state index in [0.29, 0.717) is 17.4 Å². The standard InChI is InChI=1S/C21H22N2O2/c1-2-18(24)15-4-3-14-12-19(25)17(13-22)20(16(14)11-15)23-9-7-21(5-6-21)8-10-23/h3-4,11H,2,5-10,12H2,1H3. The minimum atomic E-state index is -0.105. The van der Waals surface area contributed by atoms with Gasteiger partial charge in [0, 0.05) is 37.1 Å². The van der Waals surface area contributed by atoms with Gasteiger partial charge in [-0.1, -0.05) is 19.1 Å². The Morgan fingerprint density at radius 1 is 1.24 bits per heavy atom. The maximum absolute atomic E-state index is 12.5. The molecule has 1 aromatic rings. The van der Waals surface area contributed by atoms with E-state index < -0.39 is 0 Å². The lowest BCUT2D eigenvalue weighted by atomic mass is 9.84. The van der Waals surface area contributed by atoms with Crippen LogP contribution in [-0.2, 0) is 11.2 Å². The molecule has 1 spiro atoms. The molecule has 0 unspecified atom stereocenters. The number of hydrogen-bond donors (Lipinski definition) is 0. The maximum Gasteiger partial charge on any atom is 0.179 e. The van der Waals surface area contributed by atoms with Crippen molar-refractivity contribution in [1.29, 1.82) is 5.26 Å². The molecule has 0 amide bonds. The summed E-state index contributed by atoms with van der Waals surface area (Å²) in [4.78, 5) is 26.8. The molecule has 128 valence electrons. The number of rotatable bonds is 3. The van der Waals surface area contributed by atoms with E-state index in [1.54, 1.807) is 0 Å². The van der Waals surface area contributed by atoms with E-state index in [0.717, 1.165) is 42.8 Å². The van der Waals surface area contributed by atoms with Crippen LogP contribution in [0.1, 0.15) is 60.5 Å². The number of nitrogens with zero attached hydrogens (tertiary/aromatic N) is 2. The number of carbonyl (C=O) groups is 2. The molecule has 4 rings (SSSR count). The molecule has 1 saturated carbocycles. The highest BCUT2D eigenvalue weighted by Gasteiger charge is 2.45. The van der Waals surface area contributed by atoms with Gasteiger partial charge in [-0.2, -0.15) is 5.26 Å². The molecule has 4 nitrogen and oxygen atoms in total. The van der Waals surface area contributed by atoms with E-state index in [-0.39, 0.29) is 23.6 Å². The fourth-order valence-corrected chi connectivity index (χ4v) is 4.18. The number of allylic oxidation sites excluding steroid dienone is 1. The molecule has 1 aromatic carbocycles. The highest BCUT2D eigenvalue weighted by Crippen LogP contribution is 2.54. The van der Waals surface area contributed by atoms with Gasteiger partial charge in [0.05, 0.1) is 5.70 Å². The van der Waals surface area contributed by atoms with Gasteiger partial charge in [-0.3, -0.25) is 9.59 Å². The fraction of sp³-hybridized carbons (Fsp3) is 0.476. The SMILES string of the molecule is CCC(=O)c1ccc2c(c1)C(N1CCC3(CC1)CC3)=C(C#N)C(=O)C2. The highest BCUT2D eigenvalue weighted by molar-refractivity contribution is 6.10. The van der Waals surface area contributed by atoms with Gasteiger partial charge in [0.25, 0.3) is 0 Å². The van der Waals surface area contributed by atoms with Crippen LogP contribution in [0.3, 0.4) is 0 Å². The third-order valence-electron chi connectivity index (χ3n) is 6.08. The van der Waals surface area contributed by atoms with Gasteiger partial charge in [0.1, 0.15) is 11.6 Å². The van der Waals surface area contributed by atoms with Crippen LogP contribution in [-0.4, -0.2) is 29.6 Å². The normalized spacial score (nSPS) is 21.1. The van der Waals surface area contributed by atoms with E-state index in [1.807, 2.05) is 25.1 Å². The van der Waals surface area contributed by atoms with Crippen LogP contribution in [0.5, 0.6) is 0 Å². The van der Waals surface area contributed by atoms with Crippen molar-refractivity contribution in [2.45, 2.75) is 45.4 Å². The zero-order valence-electron chi connectivity index (χ0n) is 14.6. The minimum Gasteiger partial charge on any atom is -0.370 e. The Bertz CT molecular complexity index is 830. The van der Waals surface area contributed by atoms with Crippen molar-refractivity contribution in [1.82, 2.24) is 4.90 Å². The van der Waals surface area contributed by atoms with Crippen LogP contribution in [0.15, 0.2) is 23.8 Å². The van der Waals surface area contributed by atoms with Crippen molar-refractivity contribution in [2.75, 3.05) is 13.1 Å². The molecule has 0 N–H and O–H groups in total. The Morgan fingerprint density at radius 3 is 2.56 bits per heavy atom. The molecule has 1 saturated heterocycles. The van der Waals surface area contributed by atoms with E-state index in [4.69, 9.17) is 0 Å². The quantitative estimate of drug-likeness (QED) is 0.794. The summed E-state index contributed by atoms with van der Waals surface area (Å²) in [5, 5.41) is 9.61. The van der Waals surface area contributed by atoms with Crippen LogP contribution in [0.2, 0.25) is 0 Å². The predicted molar refractivity (Wildman–Crippen MR) is 94.8 cm³/mol. The average molecular weight is 334 g/mol. The second kappa shape index (κ2) is 5.84. The molecule has 2 aliphatic carbocycles. The van der Waals surface area contributed by atoms with Gasteiger partial charge in [0.2, 0.25) is 0 Å². The molecule has 1 heterocycles. The van der Waals surface area contributed by atoms with Crippen LogP contribution >= 0.6 is 0 Å². The van der Waals surface area contributed by atoms with Crippen molar-refractivity contribution < 1.29 is 9.59 Å². The lowest BCUT2D eigenvalue weighted by Crippen LogP contribution is -2.36. The number of Topliss-reactive ketones (excluding diaryl/α,β-unsaturated/α-hetero) is 2. The summed E-state index contributed by atoms with van der Waals surface area (Å²) < 4.78 is 0. The van der Waals surface area contributed by atoms with Gasteiger partial charge in [-0.25, -0.2) is 0 Å². The molecule has 0 radical (unpaired) electrons. The minimum absolute atomic E-state index is 0.0909. The number of likely N-dealkylation sites (tertiary alicyclic amines) is 1. The molecule has 0 aromatic heterocycles. The molecule has 25 heavy (non-hydrogen) atoms. The third-order valence-corrected chi connectivity index (χ3v) is 6.08. The molecule has 0 atom stereocenters. The third kappa shape index (κ3) is 2.68. The van der Waals surface area contributed by atoms with Crippen LogP contribution < -0.4 is 0 Å². The summed E-state index contributed by atoms with van der Waals surface area (Å²) >= 11 is 0. The maximum atomic E-state index is 12.5. The second-order valence-electron chi connectivity index (χ2n) is 7.57. The van der Waals surface area contributed by atoms with Crippen LogP contribution in [0.4, 0.5) is 0 Å². The lowest BCUT2D eigenvalue weighted by molar-refractivity contribution is -0.114. The van der Waals surface area contributed by atoms with Gasteiger partial charge in [-0.05, 0) is 42.7 Å². The van der Waals surface area contributed by atoms with E-state index in [9.17, 15) is 14.9 Å². The Morgan fingerprint density at radius 2 is 1.96 bits per heavy atom. The number of fused-ring (bicyclic) bond motifs is 1. The first-order chi connectivity index (χ1) is 12.1. The molecule has 2 fully saturated rings. The van der Waals surface area contributed by atoms with E-state index in [1.165, 1.54) is 12.8 Å². The topological polar surface area (TPSA) is 61.2 Å². The number of ketones is 2. The zero-order chi connectivity index (χ0) is 17.6. The summed E-state index contributed by atoms with van der Waals surface area (Å²) in [5.41, 5.74) is 4.06. The highest BCUT2D eigenvalue weighted by atomic mass is 16.1. The molecular weight excluding hydrogens is 312 g/mol. The van der Waals surface area contributed by atoms with Gasteiger partial charge in [0.15, 0.2) is 11.6 Å². The number of nitriles is 1. The summed E-state index contributed by atoms with van der Waals surface area (Å²) in [6.07, 6.45) is 5.60. The first-order valence-corrected chi connectivity index (χ1v) is 9.16. The summed E-state index contributed by atoms with van der Waals surface area (Å²) in [6, 6.07) is 7.73. The van der Waals surface area contributed by atoms with Crippen LogP contribution in [0, 0.1) is 16.7 Å². The number of piperidine rings is 1. The number of benzene rings is 1. The predicted octanol–water partition coefficient (Wildman–Crippen LogP) is 3.52. The Kier molecular flexibility index (Phi) is 3.76. The first-order valence-electron chi connectivity index (χ1n) is 9.16. The number of carbonyl (C=O) groups excluding carboxylic acids is 2. The second-order valence-corrected chi connectivity index (χ2v) is 7.57. The van der Waals surface area contributed by atoms with Gasteiger partial charge < -0.3 is 4.90 Å². The largest absolute Gasteiger partial charge is 0.370 e. The van der Waals surface area contributed by atoms with Crippen molar-refractivity contribution in [3.63, 3.8) is 0 Å². The fourth-order valence-electron chi connectivity index (χ4n) is 4.18. The molecule has 3 aliphatic rings. The molecule has 0 bridgehead atoms. The van der Waals surface area contributed by atoms with Crippen LogP contribution in [0.25, 0.3) is 5.70 Å². The summed E-state index contributed by atoms with van der Waals surface area (Å²) in [5.74, 6) is -0.0144. The van der Waals surface area contributed by atoms with Crippen molar-refractivity contribution in [3.05, 3.63) is 40.5 Å². The van der Waals surface area contributed by atoms with Gasteiger partial charge in [-0.15, -0.1) is 0 Å². The first kappa shape index (κ1) is 16.1.